The van der Waals surface area contributed by atoms with Crippen molar-refractivity contribution in [3.8, 4) is 0 Å². The van der Waals surface area contributed by atoms with Gasteiger partial charge < -0.3 is 14.6 Å². The van der Waals surface area contributed by atoms with Crippen molar-refractivity contribution in [2.45, 2.75) is 19.4 Å². The molecule has 4 nitrogen and oxygen atoms in total. The Hall–Kier alpha value is -0.810. The highest BCUT2D eigenvalue weighted by molar-refractivity contribution is 9.10. The van der Waals surface area contributed by atoms with E-state index in [2.05, 4.69) is 21.2 Å². The lowest BCUT2D eigenvalue weighted by Crippen LogP contribution is -2.41. The summed E-state index contributed by atoms with van der Waals surface area (Å²) >= 11 is 3.26. The Kier molecular flexibility index (Phi) is 4.23. The van der Waals surface area contributed by atoms with E-state index in [1.165, 1.54) is 0 Å². The van der Waals surface area contributed by atoms with E-state index in [0.717, 1.165) is 31.7 Å². The third-order valence-corrected chi connectivity index (χ3v) is 3.47. The zero-order valence-corrected chi connectivity index (χ0v) is 11.5. The van der Waals surface area contributed by atoms with Crippen LogP contribution in [0.2, 0.25) is 0 Å². The van der Waals surface area contributed by atoms with Gasteiger partial charge in [-0.2, -0.15) is 0 Å². The predicted octanol–water partition coefficient (Wildman–Crippen LogP) is 2.00. The van der Waals surface area contributed by atoms with E-state index in [4.69, 9.17) is 4.42 Å². The van der Waals surface area contributed by atoms with Crippen molar-refractivity contribution in [2.24, 2.45) is 5.92 Å². The van der Waals surface area contributed by atoms with E-state index in [9.17, 15) is 4.79 Å². The van der Waals surface area contributed by atoms with Crippen LogP contribution in [-0.2, 0) is 11.3 Å². The molecule has 17 heavy (non-hydrogen) atoms. The molecule has 1 N–H and O–H groups in total. The van der Waals surface area contributed by atoms with Crippen LogP contribution in [0.3, 0.4) is 0 Å². The molecule has 2 heterocycles. The van der Waals surface area contributed by atoms with Gasteiger partial charge in [-0.3, -0.25) is 4.79 Å². The Morgan fingerprint density at radius 1 is 1.65 bits per heavy atom. The zero-order valence-electron chi connectivity index (χ0n) is 9.91. The van der Waals surface area contributed by atoms with Crippen molar-refractivity contribution in [3.63, 3.8) is 0 Å². The van der Waals surface area contributed by atoms with Crippen molar-refractivity contribution in [1.29, 1.82) is 0 Å². The van der Waals surface area contributed by atoms with E-state index >= 15 is 0 Å². The highest BCUT2D eigenvalue weighted by atomic mass is 79.9. The van der Waals surface area contributed by atoms with Gasteiger partial charge in [-0.15, -0.1) is 0 Å². The average molecular weight is 301 g/mol. The van der Waals surface area contributed by atoms with Gasteiger partial charge in [-0.1, -0.05) is 0 Å². The number of halogens is 1. The zero-order chi connectivity index (χ0) is 12.3. The van der Waals surface area contributed by atoms with Crippen LogP contribution in [0.5, 0.6) is 0 Å². The van der Waals surface area contributed by atoms with Crippen molar-refractivity contribution < 1.29 is 9.21 Å². The SMILES string of the molecule is CN(Cc1ccc(Br)o1)C(=O)C1CCCNC1. The van der Waals surface area contributed by atoms with Crippen LogP contribution in [0.1, 0.15) is 18.6 Å². The first-order valence-electron chi connectivity index (χ1n) is 5.86. The molecule has 1 atom stereocenters. The highest BCUT2D eigenvalue weighted by Crippen LogP contribution is 2.17. The summed E-state index contributed by atoms with van der Waals surface area (Å²) in [5.41, 5.74) is 0. The summed E-state index contributed by atoms with van der Waals surface area (Å²) in [5, 5.41) is 3.26. The summed E-state index contributed by atoms with van der Waals surface area (Å²) in [4.78, 5) is 13.9. The first kappa shape index (κ1) is 12.6. The van der Waals surface area contributed by atoms with Gasteiger partial charge in [0.1, 0.15) is 5.76 Å². The summed E-state index contributed by atoms with van der Waals surface area (Å²) in [5.74, 6) is 1.12. The summed E-state index contributed by atoms with van der Waals surface area (Å²) in [6.45, 7) is 2.35. The molecule has 1 aromatic heterocycles. The molecule has 1 saturated heterocycles. The quantitative estimate of drug-likeness (QED) is 0.929. The smallest absolute Gasteiger partial charge is 0.227 e. The molecule has 1 unspecified atom stereocenters. The minimum Gasteiger partial charge on any atom is -0.452 e. The Bertz CT molecular complexity index is 386. The molecule has 2 rings (SSSR count). The lowest BCUT2D eigenvalue weighted by molar-refractivity contribution is -0.135. The standard InChI is InChI=1S/C12H17BrN2O2/c1-15(8-10-4-5-11(13)17-10)12(16)9-3-2-6-14-7-9/h4-5,9,14H,2-3,6-8H2,1H3. The van der Waals surface area contributed by atoms with Gasteiger partial charge >= 0.3 is 0 Å². The lowest BCUT2D eigenvalue weighted by atomic mass is 9.98. The minimum absolute atomic E-state index is 0.118. The average Bonchev–Trinajstić information content (AvgIpc) is 2.75. The van der Waals surface area contributed by atoms with Gasteiger partial charge in [0.2, 0.25) is 5.91 Å². The molecule has 94 valence electrons. The molecule has 1 aromatic rings. The van der Waals surface area contributed by atoms with E-state index in [0.29, 0.717) is 11.2 Å². The number of nitrogens with zero attached hydrogens (tertiary/aromatic N) is 1. The molecule has 1 fully saturated rings. The Morgan fingerprint density at radius 2 is 2.47 bits per heavy atom. The Labute approximate surface area is 109 Å². The van der Waals surface area contributed by atoms with Crippen molar-refractivity contribution in [3.05, 3.63) is 22.6 Å². The van der Waals surface area contributed by atoms with E-state index in [1.807, 2.05) is 19.2 Å². The monoisotopic (exact) mass is 300 g/mol. The number of hydrogen-bond acceptors (Lipinski definition) is 3. The van der Waals surface area contributed by atoms with E-state index in [-0.39, 0.29) is 11.8 Å². The molecule has 0 saturated carbocycles. The van der Waals surface area contributed by atoms with Gasteiger partial charge in [0, 0.05) is 13.6 Å². The second-order valence-electron chi connectivity index (χ2n) is 4.44. The van der Waals surface area contributed by atoms with Crippen molar-refractivity contribution in [1.82, 2.24) is 10.2 Å². The normalized spacial score (nSPS) is 20.2. The molecule has 1 aliphatic heterocycles. The second-order valence-corrected chi connectivity index (χ2v) is 5.22. The van der Waals surface area contributed by atoms with Crippen LogP contribution in [0.4, 0.5) is 0 Å². The number of piperidine rings is 1. The molecule has 0 aliphatic carbocycles. The molecule has 0 radical (unpaired) electrons. The fraction of sp³-hybridized carbons (Fsp3) is 0.583. The second kappa shape index (κ2) is 5.69. The van der Waals surface area contributed by atoms with Crippen LogP contribution in [0.15, 0.2) is 21.2 Å². The van der Waals surface area contributed by atoms with E-state index in [1.54, 1.807) is 4.90 Å². The number of carbonyl (C=O) groups excluding carboxylic acids is 1. The van der Waals surface area contributed by atoms with Crippen LogP contribution in [-0.4, -0.2) is 30.9 Å². The minimum atomic E-state index is 0.118. The maximum atomic E-state index is 12.1. The van der Waals surface area contributed by atoms with Crippen LogP contribution in [0.25, 0.3) is 0 Å². The van der Waals surface area contributed by atoms with Gasteiger partial charge in [0.25, 0.3) is 0 Å². The van der Waals surface area contributed by atoms with Crippen LogP contribution < -0.4 is 5.32 Å². The lowest BCUT2D eigenvalue weighted by Gasteiger charge is -2.26. The molecule has 0 bridgehead atoms. The molecule has 5 heteroatoms. The third-order valence-electron chi connectivity index (χ3n) is 3.04. The number of nitrogens with one attached hydrogen (secondary N) is 1. The Balaban J connectivity index is 1.90. The number of furan rings is 1. The van der Waals surface area contributed by atoms with Crippen LogP contribution in [0, 0.1) is 5.92 Å². The number of hydrogen-bond donors (Lipinski definition) is 1. The fourth-order valence-corrected chi connectivity index (χ4v) is 2.46. The maximum absolute atomic E-state index is 12.1. The largest absolute Gasteiger partial charge is 0.452 e. The summed E-state index contributed by atoms with van der Waals surface area (Å²) in [7, 11) is 1.83. The molecule has 0 aromatic carbocycles. The van der Waals surface area contributed by atoms with Crippen molar-refractivity contribution >= 4 is 21.8 Å². The number of carbonyl (C=O) groups is 1. The highest BCUT2D eigenvalue weighted by Gasteiger charge is 2.24. The number of rotatable bonds is 3. The molecular formula is C12H17BrN2O2. The molecular weight excluding hydrogens is 284 g/mol. The van der Waals surface area contributed by atoms with Crippen molar-refractivity contribution in [2.75, 3.05) is 20.1 Å². The fourth-order valence-electron chi connectivity index (χ4n) is 2.12. The van der Waals surface area contributed by atoms with Crippen LogP contribution >= 0.6 is 15.9 Å². The third kappa shape index (κ3) is 3.33. The number of amides is 1. The van der Waals surface area contributed by atoms with Gasteiger partial charge in [0.05, 0.1) is 12.5 Å². The van der Waals surface area contributed by atoms with Gasteiger partial charge in [-0.25, -0.2) is 0 Å². The first-order valence-corrected chi connectivity index (χ1v) is 6.66. The molecule has 1 aliphatic rings. The molecule has 0 spiro atoms. The first-order chi connectivity index (χ1) is 8.16. The topological polar surface area (TPSA) is 45.5 Å². The summed E-state index contributed by atoms with van der Waals surface area (Å²) < 4.78 is 6.10. The Morgan fingerprint density at radius 3 is 3.06 bits per heavy atom. The van der Waals surface area contributed by atoms with Gasteiger partial charge in [-0.05, 0) is 47.4 Å². The maximum Gasteiger partial charge on any atom is 0.227 e. The summed E-state index contributed by atoms with van der Waals surface area (Å²) in [6.07, 6.45) is 2.06. The predicted molar refractivity (Wildman–Crippen MR) is 68.5 cm³/mol. The summed E-state index contributed by atoms with van der Waals surface area (Å²) in [6, 6.07) is 3.72. The van der Waals surface area contributed by atoms with E-state index < -0.39 is 0 Å². The molecule has 1 amide bonds. The van der Waals surface area contributed by atoms with Gasteiger partial charge in [0.15, 0.2) is 4.67 Å².